The highest BCUT2D eigenvalue weighted by Gasteiger charge is 2.21. The summed E-state index contributed by atoms with van der Waals surface area (Å²) >= 11 is 0. The smallest absolute Gasteiger partial charge is 0.223 e. The minimum absolute atomic E-state index is 0.135. The summed E-state index contributed by atoms with van der Waals surface area (Å²) in [6, 6.07) is 0.275. The fourth-order valence-corrected chi connectivity index (χ4v) is 0.848. The molecule has 0 aromatic carbocycles. The van der Waals surface area contributed by atoms with Crippen LogP contribution in [0.4, 0.5) is 0 Å². The minimum Gasteiger partial charge on any atom is -0.377 e. The minimum atomic E-state index is 0.135. The molecule has 1 unspecified atom stereocenters. The lowest BCUT2D eigenvalue weighted by molar-refractivity contribution is -0.128. The van der Waals surface area contributed by atoms with Crippen LogP contribution in [-0.2, 0) is 9.53 Å². The molecule has 1 rings (SSSR count). The van der Waals surface area contributed by atoms with Gasteiger partial charge in [0.2, 0.25) is 5.91 Å². The number of carbonyl (C=O) groups excluding carboxylic acids is 1. The molecule has 0 saturated carbocycles. The van der Waals surface area contributed by atoms with Crippen molar-refractivity contribution in [2.24, 2.45) is 5.92 Å². The lowest BCUT2D eigenvalue weighted by atomic mass is 10.1. The second kappa shape index (κ2) is 3.72. The first kappa shape index (κ1) is 8.53. The Labute approximate surface area is 67.1 Å². The molecule has 1 amide bonds. The molecule has 1 atom stereocenters. The molecule has 64 valence electrons. The van der Waals surface area contributed by atoms with Gasteiger partial charge in [-0.3, -0.25) is 4.79 Å². The van der Waals surface area contributed by atoms with Gasteiger partial charge in [-0.1, -0.05) is 13.8 Å². The number of amides is 1. The van der Waals surface area contributed by atoms with Gasteiger partial charge >= 0.3 is 0 Å². The van der Waals surface area contributed by atoms with Gasteiger partial charge in [0.1, 0.15) is 0 Å². The molecule has 1 heterocycles. The molecule has 1 aliphatic rings. The zero-order valence-corrected chi connectivity index (χ0v) is 7.09. The van der Waals surface area contributed by atoms with Crippen LogP contribution in [0.15, 0.2) is 0 Å². The van der Waals surface area contributed by atoms with Crippen LogP contribution in [0, 0.1) is 5.92 Å². The van der Waals surface area contributed by atoms with Gasteiger partial charge in [-0.15, -0.1) is 0 Å². The molecule has 3 heteroatoms. The molecule has 1 fully saturated rings. The van der Waals surface area contributed by atoms with Crippen molar-refractivity contribution in [1.82, 2.24) is 5.32 Å². The molecule has 0 radical (unpaired) electrons. The van der Waals surface area contributed by atoms with Crippen LogP contribution in [0.2, 0.25) is 0 Å². The molecular weight excluding hydrogens is 142 g/mol. The first-order valence-corrected chi connectivity index (χ1v) is 4.12. The zero-order chi connectivity index (χ0) is 8.27. The summed E-state index contributed by atoms with van der Waals surface area (Å²) in [5.41, 5.74) is 0. The van der Waals surface area contributed by atoms with E-state index < -0.39 is 0 Å². The molecule has 0 aliphatic carbocycles. The summed E-state index contributed by atoms with van der Waals surface area (Å²) < 4.78 is 4.93. The highest BCUT2D eigenvalue weighted by atomic mass is 16.5. The molecule has 1 saturated heterocycles. The van der Waals surface area contributed by atoms with Crippen LogP contribution in [0.1, 0.15) is 20.3 Å². The Hall–Kier alpha value is -0.570. The van der Waals surface area contributed by atoms with Crippen LogP contribution in [0.5, 0.6) is 0 Å². The summed E-state index contributed by atoms with van der Waals surface area (Å²) in [5, 5.41) is 2.90. The summed E-state index contributed by atoms with van der Waals surface area (Å²) in [4.78, 5) is 11.2. The molecule has 0 aromatic heterocycles. The maximum absolute atomic E-state index is 11.2. The van der Waals surface area contributed by atoms with E-state index in [4.69, 9.17) is 4.74 Å². The van der Waals surface area contributed by atoms with Crippen molar-refractivity contribution in [2.75, 3.05) is 13.2 Å². The molecule has 1 N–H and O–H groups in total. The van der Waals surface area contributed by atoms with Crippen molar-refractivity contribution in [3.05, 3.63) is 0 Å². The zero-order valence-electron chi connectivity index (χ0n) is 7.09. The van der Waals surface area contributed by atoms with E-state index in [0.717, 1.165) is 6.42 Å². The highest BCUT2D eigenvalue weighted by Crippen LogP contribution is 2.04. The lowest BCUT2D eigenvalue weighted by Gasteiger charge is -2.27. The average molecular weight is 157 g/mol. The van der Waals surface area contributed by atoms with Gasteiger partial charge in [-0.2, -0.15) is 0 Å². The number of rotatable bonds is 3. The van der Waals surface area contributed by atoms with Crippen LogP contribution < -0.4 is 5.32 Å². The largest absolute Gasteiger partial charge is 0.377 e. The highest BCUT2D eigenvalue weighted by molar-refractivity contribution is 5.78. The van der Waals surface area contributed by atoms with Crippen molar-refractivity contribution in [1.29, 1.82) is 0 Å². The van der Waals surface area contributed by atoms with Crippen LogP contribution >= 0.6 is 0 Å². The Morgan fingerprint density at radius 3 is 2.73 bits per heavy atom. The van der Waals surface area contributed by atoms with Crippen molar-refractivity contribution < 1.29 is 9.53 Å². The molecule has 1 aliphatic heterocycles. The van der Waals surface area contributed by atoms with Gasteiger partial charge in [0.15, 0.2) is 0 Å². The second-order valence-corrected chi connectivity index (χ2v) is 3.05. The van der Waals surface area contributed by atoms with Crippen LogP contribution in [-0.4, -0.2) is 25.2 Å². The number of hydrogen-bond donors (Lipinski definition) is 1. The standard InChI is InChI=1S/C8H15NO2/c1-3-6(2)8(10)9-7-4-11-5-7/h6-7H,3-5H2,1-2H3,(H,9,10). The van der Waals surface area contributed by atoms with E-state index in [2.05, 4.69) is 5.32 Å². The first-order valence-electron chi connectivity index (χ1n) is 4.12. The molecule has 0 bridgehead atoms. The maximum Gasteiger partial charge on any atom is 0.223 e. The normalized spacial score (nSPS) is 20.5. The first-order chi connectivity index (χ1) is 5.24. The van der Waals surface area contributed by atoms with Crippen molar-refractivity contribution >= 4 is 5.91 Å². The number of nitrogens with one attached hydrogen (secondary N) is 1. The van der Waals surface area contributed by atoms with E-state index in [-0.39, 0.29) is 17.9 Å². The third-order valence-electron chi connectivity index (χ3n) is 2.04. The van der Waals surface area contributed by atoms with Gasteiger partial charge in [-0.25, -0.2) is 0 Å². The topological polar surface area (TPSA) is 38.3 Å². The van der Waals surface area contributed by atoms with Crippen LogP contribution in [0.25, 0.3) is 0 Å². The quantitative estimate of drug-likeness (QED) is 0.649. The summed E-state index contributed by atoms with van der Waals surface area (Å²) in [6.45, 7) is 5.32. The molecule has 3 nitrogen and oxygen atoms in total. The van der Waals surface area contributed by atoms with Gasteiger partial charge in [0, 0.05) is 5.92 Å². The SMILES string of the molecule is CCC(C)C(=O)NC1COC1. The predicted octanol–water partition coefficient (Wildman–Crippen LogP) is 0.547. The fraction of sp³-hybridized carbons (Fsp3) is 0.875. The monoisotopic (exact) mass is 157 g/mol. The van der Waals surface area contributed by atoms with E-state index >= 15 is 0 Å². The molecule has 11 heavy (non-hydrogen) atoms. The van der Waals surface area contributed by atoms with Gasteiger partial charge in [0.25, 0.3) is 0 Å². The average Bonchev–Trinajstić information content (AvgIpc) is 1.94. The number of hydrogen-bond acceptors (Lipinski definition) is 2. The Balaban J connectivity index is 2.19. The molecule has 0 aromatic rings. The van der Waals surface area contributed by atoms with Crippen molar-refractivity contribution in [3.63, 3.8) is 0 Å². The maximum atomic E-state index is 11.2. The van der Waals surface area contributed by atoms with Gasteiger partial charge < -0.3 is 10.1 Å². The Bertz CT molecular complexity index is 143. The summed E-state index contributed by atoms with van der Waals surface area (Å²) in [7, 11) is 0. The summed E-state index contributed by atoms with van der Waals surface area (Å²) in [6.07, 6.45) is 0.902. The van der Waals surface area contributed by atoms with Crippen LogP contribution in [0.3, 0.4) is 0 Å². The van der Waals surface area contributed by atoms with Gasteiger partial charge in [0.05, 0.1) is 19.3 Å². The molecule has 0 spiro atoms. The van der Waals surface area contributed by atoms with Gasteiger partial charge in [-0.05, 0) is 6.42 Å². The number of ether oxygens (including phenoxy) is 1. The third-order valence-corrected chi connectivity index (χ3v) is 2.04. The molecular formula is C8H15NO2. The Kier molecular flexibility index (Phi) is 2.88. The van der Waals surface area contributed by atoms with E-state index in [1.165, 1.54) is 0 Å². The Morgan fingerprint density at radius 1 is 1.73 bits per heavy atom. The lowest BCUT2D eigenvalue weighted by Crippen LogP contribution is -2.49. The fourth-order valence-electron chi connectivity index (χ4n) is 0.848. The summed E-state index contributed by atoms with van der Waals surface area (Å²) in [5.74, 6) is 0.288. The van der Waals surface area contributed by atoms with Crippen molar-refractivity contribution in [2.45, 2.75) is 26.3 Å². The van der Waals surface area contributed by atoms with E-state index in [0.29, 0.717) is 13.2 Å². The number of carbonyl (C=O) groups is 1. The second-order valence-electron chi connectivity index (χ2n) is 3.05. The predicted molar refractivity (Wildman–Crippen MR) is 42.2 cm³/mol. The third kappa shape index (κ3) is 2.19. The van der Waals surface area contributed by atoms with E-state index in [1.807, 2.05) is 13.8 Å². The van der Waals surface area contributed by atoms with E-state index in [1.54, 1.807) is 0 Å². The van der Waals surface area contributed by atoms with E-state index in [9.17, 15) is 4.79 Å². The van der Waals surface area contributed by atoms with Crippen molar-refractivity contribution in [3.8, 4) is 0 Å². The Morgan fingerprint density at radius 2 is 2.36 bits per heavy atom.